The van der Waals surface area contributed by atoms with Gasteiger partial charge in [-0.1, -0.05) is 50.5 Å². The molecule has 1 N–H and O–H groups in total. The standard InChI is InChI=1S/C21H18BrN5O3S/c1-13-2-4-14(5-3-13)20-25-26-21(29-20)31-12-17-24-19(30-27-17)11-10-18(28)23-16-8-6-15(22)7-9-16/h2-9H,10-12H2,1H3,(H,23,28). The second-order valence-electron chi connectivity index (χ2n) is 6.69. The normalized spacial score (nSPS) is 10.9. The Hall–Kier alpha value is -2.98. The zero-order valence-corrected chi connectivity index (χ0v) is 18.9. The molecule has 2 aromatic carbocycles. The predicted molar refractivity (Wildman–Crippen MR) is 119 cm³/mol. The Kier molecular flexibility index (Phi) is 6.78. The molecule has 0 spiro atoms. The number of thioether (sulfide) groups is 1. The molecule has 31 heavy (non-hydrogen) atoms. The van der Waals surface area contributed by atoms with Gasteiger partial charge >= 0.3 is 0 Å². The number of nitrogens with one attached hydrogen (secondary N) is 1. The highest BCUT2D eigenvalue weighted by Gasteiger charge is 2.13. The van der Waals surface area contributed by atoms with Crippen molar-refractivity contribution in [1.29, 1.82) is 0 Å². The van der Waals surface area contributed by atoms with E-state index in [1.54, 1.807) is 0 Å². The van der Waals surface area contributed by atoms with Crippen LogP contribution in [-0.4, -0.2) is 26.2 Å². The monoisotopic (exact) mass is 499 g/mol. The van der Waals surface area contributed by atoms with Crippen molar-refractivity contribution in [2.24, 2.45) is 0 Å². The molecule has 1 amide bonds. The van der Waals surface area contributed by atoms with Crippen LogP contribution >= 0.6 is 27.7 Å². The summed E-state index contributed by atoms with van der Waals surface area (Å²) < 4.78 is 11.9. The summed E-state index contributed by atoms with van der Waals surface area (Å²) in [5.74, 6) is 1.68. The Balaban J connectivity index is 1.25. The number of carbonyl (C=O) groups excluding carboxylic acids is 1. The quantitative estimate of drug-likeness (QED) is 0.335. The van der Waals surface area contributed by atoms with E-state index in [1.807, 2.05) is 55.5 Å². The van der Waals surface area contributed by atoms with E-state index in [0.717, 1.165) is 21.3 Å². The van der Waals surface area contributed by atoms with Crippen LogP contribution in [0.5, 0.6) is 0 Å². The van der Waals surface area contributed by atoms with Gasteiger partial charge in [0, 0.05) is 28.6 Å². The highest BCUT2D eigenvalue weighted by Crippen LogP contribution is 2.25. The van der Waals surface area contributed by atoms with Gasteiger partial charge in [-0.05, 0) is 43.3 Å². The van der Waals surface area contributed by atoms with Gasteiger partial charge in [-0.3, -0.25) is 4.79 Å². The molecule has 0 unspecified atom stereocenters. The maximum absolute atomic E-state index is 12.1. The number of aromatic nitrogens is 4. The Labute approximate surface area is 191 Å². The number of anilines is 1. The molecule has 0 saturated carbocycles. The molecule has 8 nitrogen and oxygen atoms in total. The highest BCUT2D eigenvalue weighted by atomic mass is 79.9. The molecule has 158 valence electrons. The first-order chi connectivity index (χ1) is 15.0. The molecular formula is C21H18BrN5O3S. The minimum Gasteiger partial charge on any atom is -0.411 e. The van der Waals surface area contributed by atoms with Crippen molar-refractivity contribution in [2.75, 3.05) is 5.32 Å². The Bertz CT molecular complexity index is 1160. The van der Waals surface area contributed by atoms with Crippen LogP contribution in [0.1, 0.15) is 23.7 Å². The topological polar surface area (TPSA) is 107 Å². The van der Waals surface area contributed by atoms with Gasteiger partial charge in [0.05, 0.1) is 5.75 Å². The summed E-state index contributed by atoms with van der Waals surface area (Å²) >= 11 is 4.69. The molecule has 0 aliphatic rings. The summed E-state index contributed by atoms with van der Waals surface area (Å²) in [6.07, 6.45) is 0.604. The van der Waals surface area contributed by atoms with Gasteiger partial charge in [-0.2, -0.15) is 4.98 Å². The van der Waals surface area contributed by atoms with E-state index in [2.05, 4.69) is 41.6 Å². The van der Waals surface area contributed by atoms with Crippen LogP contribution in [0.3, 0.4) is 0 Å². The maximum atomic E-state index is 12.1. The molecule has 0 radical (unpaired) electrons. The fourth-order valence-corrected chi connectivity index (χ4v) is 3.51. The van der Waals surface area contributed by atoms with Crippen molar-refractivity contribution in [2.45, 2.75) is 30.7 Å². The van der Waals surface area contributed by atoms with Crippen LogP contribution in [0.4, 0.5) is 5.69 Å². The van der Waals surface area contributed by atoms with Crippen molar-refractivity contribution in [3.63, 3.8) is 0 Å². The van der Waals surface area contributed by atoms with Crippen molar-refractivity contribution >= 4 is 39.3 Å². The zero-order chi connectivity index (χ0) is 21.6. The molecule has 0 aliphatic heterocycles. The van der Waals surface area contributed by atoms with Crippen LogP contribution in [0.15, 0.2) is 67.2 Å². The van der Waals surface area contributed by atoms with Crippen LogP contribution in [0.25, 0.3) is 11.5 Å². The van der Waals surface area contributed by atoms with Crippen LogP contribution in [-0.2, 0) is 17.0 Å². The molecule has 0 bridgehead atoms. The lowest BCUT2D eigenvalue weighted by atomic mass is 10.1. The van der Waals surface area contributed by atoms with E-state index < -0.39 is 0 Å². The summed E-state index contributed by atoms with van der Waals surface area (Å²) in [5.41, 5.74) is 2.77. The fraction of sp³-hybridized carbons (Fsp3) is 0.190. The van der Waals surface area contributed by atoms with Gasteiger partial charge in [0.25, 0.3) is 5.22 Å². The first kappa shape index (κ1) is 21.3. The molecule has 0 aliphatic carbocycles. The zero-order valence-electron chi connectivity index (χ0n) is 16.5. The predicted octanol–water partition coefficient (Wildman–Crippen LogP) is 5.05. The molecule has 0 fully saturated rings. The third-order valence-corrected chi connectivity index (χ3v) is 5.58. The Morgan fingerprint density at radius 2 is 1.87 bits per heavy atom. The SMILES string of the molecule is Cc1ccc(-c2nnc(SCc3noc(CCC(=O)Nc4ccc(Br)cc4)n3)o2)cc1. The summed E-state index contributed by atoms with van der Waals surface area (Å²) in [6.45, 7) is 2.02. The van der Waals surface area contributed by atoms with Crippen LogP contribution in [0, 0.1) is 6.92 Å². The van der Waals surface area contributed by atoms with E-state index in [0.29, 0.717) is 35.0 Å². The molecule has 10 heteroatoms. The van der Waals surface area contributed by atoms with E-state index in [-0.39, 0.29) is 12.3 Å². The number of aryl methyl sites for hydroxylation is 2. The Morgan fingerprint density at radius 1 is 1.10 bits per heavy atom. The number of benzene rings is 2. The average Bonchev–Trinajstić information content (AvgIpc) is 3.42. The number of nitrogens with zero attached hydrogens (tertiary/aromatic N) is 4. The van der Waals surface area contributed by atoms with Crippen molar-refractivity contribution < 1.29 is 13.7 Å². The number of carbonyl (C=O) groups is 1. The van der Waals surface area contributed by atoms with Crippen molar-refractivity contribution in [3.05, 3.63) is 70.3 Å². The van der Waals surface area contributed by atoms with E-state index >= 15 is 0 Å². The Morgan fingerprint density at radius 3 is 2.65 bits per heavy atom. The fourth-order valence-electron chi connectivity index (χ4n) is 2.63. The molecule has 4 aromatic rings. The van der Waals surface area contributed by atoms with Crippen molar-refractivity contribution in [1.82, 2.24) is 20.3 Å². The van der Waals surface area contributed by atoms with Gasteiger partial charge < -0.3 is 14.3 Å². The lowest BCUT2D eigenvalue weighted by Gasteiger charge is -2.03. The lowest BCUT2D eigenvalue weighted by molar-refractivity contribution is -0.116. The molecular weight excluding hydrogens is 482 g/mol. The van der Waals surface area contributed by atoms with E-state index in [1.165, 1.54) is 11.8 Å². The van der Waals surface area contributed by atoms with Gasteiger partial charge in [-0.25, -0.2) is 0 Å². The second kappa shape index (κ2) is 9.88. The lowest BCUT2D eigenvalue weighted by Crippen LogP contribution is -2.12. The average molecular weight is 500 g/mol. The first-order valence-electron chi connectivity index (χ1n) is 9.45. The maximum Gasteiger partial charge on any atom is 0.277 e. The van der Waals surface area contributed by atoms with E-state index in [4.69, 9.17) is 8.94 Å². The van der Waals surface area contributed by atoms with E-state index in [9.17, 15) is 4.79 Å². The van der Waals surface area contributed by atoms with Gasteiger partial charge in [0.2, 0.25) is 17.7 Å². The smallest absolute Gasteiger partial charge is 0.277 e. The highest BCUT2D eigenvalue weighted by molar-refractivity contribution is 9.10. The van der Waals surface area contributed by atoms with Crippen molar-refractivity contribution in [3.8, 4) is 11.5 Å². The number of rotatable bonds is 8. The van der Waals surface area contributed by atoms with Crippen LogP contribution < -0.4 is 5.32 Å². The summed E-state index contributed by atoms with van der Waals surface area (Å²) in [7, 11) is 0. The summed E-state index contributed by atoms with van der Waals surface area (Å²) in [5, 5.41) is 15.3. The van der Waals surface area contributed by atoms with Crippen LogP contribution in [0.2, 0.25) is 0 Å². The number of amides is 1. The molecule has 2 heterocycles. The molecule has 0 atom stereocenters. The molecule has 2 aromatic heterocycles. The second-order valence-corrected chi connectivity index (χ2v) is 8.53. The largest absolute Gasteiger partial charge is 0.411 e. The van der Waals surface area contributed by atoms with Gasteiger partial charge in [0.1, 0.15) is 0 Å². The summed E-state index contributed by atoms with van der Waals surface area (Å²) in [4.78, 5) is 16.4. The number of hydrogen-bond acceptors (Lipinski definition) is 8. The molecule has 4 rings (SSSR count). The van der Waals surface area contributed by atoms with Gasteiger partial charge in [0.15, 0.2) is 5.82 Å². The number of halogens is 1. The first-order valence-corrected chi connectivity index (χ1v) is 11.2. The molecule has 0 saturated heterocycles. The minimum absolute atomic E-state index is 0.119. The van der Waals surface area contributed by atoms with Gasteiger partial charge in [-0.15, -0.1) is 10.2 Å². The summed E-state index contributed by atoms with van der Waals surface area (Å²) in [6, 6.07) is 15.2. The number of hydrogen-bond donors (Lipinski definition) is 1. The third kappa shape index (κ3) is 6.02. The third-order valence-electron chi connectivity index (χ3n) is 4.23. The minimum atomic E-state index is -0.119.